The van der Waals surface area contributed by atoms with Gasteiger partial charge < -0.3 is 16.0 Å². The number of nitrogens with zero attached hydrogens (tertiary/aromatic N) is 2. The second-order valence-corrected chi connectivity index (χ2v) is 6.86. The molecule has 0 saturated carbocycles. The highest BCUT2D eigenvalue weighted by molar-refractivity contribution is 5.80. The molecular weight excluding hydrogens is 300 g/mol. The summed E-state index contributed by atoms with van der Waals surface area (Å²) in [6.07, 6.45) is 2.61. The molecule has 1 aliphatic rings. The van der Waals surface area contributed by atoms with E-state index in [1.165, 1.54) is 11.1 Å². The molecule has 2 unspecified atom stereocenters. The van der Waals surface area contributed by atoms with E-state index in [1.807, 2.05) is 7.05 Å². The molecule has 1 aromatic carbocycles. The van der Waals surface area contributed by atoms with Gasteiger partial charge in [-0.2, -0.15) is 0 Å². The first-order valence-electron chi connectivity index (χ1n) is 8.80. The molecule has 0 spiro atoms. The number of carbonyl (C=O) groups is 1. The molecule has 1 amide bonds. The van der Waals surface area contributed by atoms with E-state index in [9.17, 15) is 4.79 Å². The Morgan fingerprint density at radius 3 is 2.75 bits per heavy atom. The first-order valence-corrected chi connectivity index (χ1v) is 8.80. The molecule has 0 aromatic heterocycles. The minimum atomic E-state index is -0.210. The number of hydrogen-bond acceptors (Lipinski definition) is 2. The fraction of sp³-hybridized carbons (Fsp3) is 0.579. The molecular formula is C19H30N4O. The lowest BCUT2D eigenvalue weighted by atomic mass is 9.95. The predicted molar refractivity (Wildman–Crippen MR) is 99.1 cm³/mol. The average Bonchev–Trinajstić information content (AvgIpc) is 2.55. The fourth-order valence-corrected chi connectivity index (χ4v) is 3.30. The lowest BCUT2D eigenvalue weighted by Gasteiger charge is -2.35. The van der Waals surface area contributed by atoms with Gasteiger partial charge in [-0.1, -0.05) is 36.8 Å². The maximum atomic E-state index is 11.2. The van der Waals surface area contributed by atoms with Crippen LogP contribution in [0.1, 0.15) is 43.2 Å². The van der Waals surface area contributed by atoms with E-state index < -0.39 is 0 Å². The number of aliphatic imine (C=N–C) groups is 1. The summed E-state index contributed by atoms with van der Waals surface area (Å²) in [4.78, 5) is 17.8. The maximum Gasteiger partial charge on any atom is 0.217 e. The van der Waals surface area contributed by atoms with E-state index >= 15 is 0 Å². The molecule has 0 aliphatic carbocycles. The maximum absolute atomic E-state index is 11.2. The van der Waals surface area contributed by atoms with Crippen molar-refractivity contribution in [3.63, 3.8) is 0 Å². The molecule has 132 valence electrons. The number of amides is 1. The van der Waals surface area contributed by atoms with Crippen LogP contribution < -0.4 is 11.1 Å². The third-order valence-electron chi connectivity index (χ3n) is 4.73. The second kappa shape index (κ2) is 8.71. The van der Waals surface area contributed by atoms with E-state index in [0.29, 0.717) is 18.3 Å². The number of piperidine rings is 1. The van der Waals surface area contributed by atoms with Gasteiger partial charge in [-0.15, -0.1) is 0 Å². The highest BCUT2D eigenvalue weighted by Crippen LogP contribution is 2.20. The zero-order chi connectivity index (χ0) is 17.5. The van der Waals surface area contributed by atoms with Gasteiger partial charge in [-0.05, 0) is 37.2 Å². The quantitative estimate of drug-likeness (QED) is 0.642. The van der Waals surface area contributed by atoms with Crippen molar-refractivity contribution >= 4 is 11.9 Å². The Hall–Kier alpha value is -2.04. The monoisotopic (exact) mass is 330 g/mol. The first kappa shape index (κ1) is 18.3. The summed E-state index contributed by atoms with van der Waals surface area (Å²) in [7, 11) is 1.82. The number of likely N-dealkylation sites (tertiary alicyclic amines) is 1. The summed E-state index contributed by atoms with van der Waals surface area (Å²) in [6.45, 7) is 6.99. The summed E-state index contributed by atoms with van der Waals surface area (Å²) < 4.78 is 0. The standard InChI is InChI=1S/C19H30N4O/c1-14-6-8-17(9-7-14)15(2)12-22-19(21-3)23-10-4-5-16(13-23)11-18(20)24/h6-9,15-16H,4-5,10-13H2,1-3H3,(H2,20,24)(H,21,22). The Labute approximate surface area is 145 Å². The summed E-state index contributed by atoms with van der Waals surface area (Å²) >= 11 is 0. The number of nitrogens with two attached hydrogens (primary N) is 1. The number of primary amides is 1. The minimum absolute atomic E-state index is 0.210. The highest BCUT2D eigenvalue weighted by Gasteiger charge is 2.23. The van der Waals surface area contributed by atoms with Gasteiger partial charge in [0.05, 0.1) is 0 Å². The van der Waals surface area contributed by atoms with E-state index in [4.69, 9.17) is 5.73 Å². The SMILES string of the molecule is CN=C(NCC(C)c1ccc(C)cc1)N1CCCC(CC(N)=O)C1. The first-order chi connectivity index (χ1) is 11.5. The molecule has 24 heavy (non-hydrogen) atoms. The lowest BCUT2D eigenvalue weighted by Crippen LogP contribution is -2.47. The van der Waals surface area contributed by atoms with E-state index in [0.717, 1.165) is 38.4 Å². The summed E-state index contributed by atoms with van der Waals surface area (Å²) in [5.74, 6) is 1.46. The smallest absolute Gasteiger partial charge is 0.217 e. The number of benzene rings is 1. The number of carbonyl (C=O) groups excluding carboxylic acids is 1. The van der Waals surface area contributed by atoms with Gasteiger partial charge in [-0.3, -0.25) is 9.79 Å². The molecule has 3 N–H and O–H groups in total. The van der Waals surface area contributed by atoms with Gasteiger partial charge in [0.1, 0.15) is 0 Å². The molecule has 5 nitrogen and oxygen atoms in total. The fourth-order valence-electron chi connectivity index (χ4n) is 3.30. The predicted octanol–water partition coefficient (Wildman–Crippen LogP) is 2.26. The van der Waals surface area contributed by atoms with Crippen molar-refractivity contribution in [1.29, 1.82) is 0 Å². The molecule has 1 fully saturated rings. The van der Waals surface area contributed by atoms with E-state index in [1.54, 1.807) is 0 Å². The normalized spacial score (nSPS) is 19.9. The van der Waals surface area contributed by atoms with Crippen LogP contribution in [0.25, 0.3) is 0 Å². The van der Waals surface area contributed by atoms with Gasteiger partial charge >= 0.3 is 0 Å². The molecule has 0 radical (unpaired) electrons. The van der Waals surface area contributed by atoms with E-state index in [2.05, 4.69) is 53.3 Å². The summed E-state index contributed by atoms with van der Waals surface area (Å²) in [5.41, 5.74) is 7.96. The van der Waals surface area contributed by atoms with Crippen LogP contribution in [0.2, 0.25) is 0 Å². The summed E-state index contributed by atoms with van der Waals surface area (Å²) in [5, 5.41) is 3.49. The van der Waals surface area contributed by atoms with Crippen molar-refractivity contribution in [2.45, 2.75) is 39.0 Å². The van der Waals surface area contributed by atoms with Crippen molar-refractivity contribution < 1.29 is 4.79 Å². The van der Waals surface area contributed by atoms with Crippen molar-refractivity contribution in [1.82, 2.24) is 10.2 Å². The van der Waals surface area contributed by atoms with Crippen LogP contribution in [0, 0.1) is 12.8 Å². The van der Waals surface area contributed by atoms with Crippen LogP contribution in [0.3, 0.4) is 0 Å². The molecule has 1 saturated heterocycles. The molecule has 1 aliphatic heterocycles. The van der Waals surface area contributed by atoms with Crippen LogP contribution in [0.4, 0.5) is 0 Å². The number of nitrogens with one attached hydrogen (secondary N) is 1. The zero-order valence-electron chi connectivity index (χ0n) is 15.1. The average molecular weight is 330 g/mol. The van der Waals surface area contributed by atoms with Gasteiger partial charge in [0.25, 0.3) is 0 Å². The Bertz CT molecular complexity index is 567. The van der Waals surface area contributed by atoms with Crippen molar-refractivity contribution in [2.24, 2.45) is 16.6 Å². The van der Waals surface area contributed by atoms with Crippen LogP contribution >= 0.6 is 0 Å². The molecule has 1 heterocycles. The number of hydrogen-bond donors (Lipinski definition) is 2. The van der Waals surface area contributed by atoms with Crippen molar-refractivity contribution in [3.05, 3.63) is 35.4 Å². The zero-order valence-corrected chi connectivity index (χ0v) is 15.1. The molecule has 0 bridgehead atoms. The third kappa shape index (κ3) is 5.25. The van der Waals surface area contributed by atoms with Crippen LogP contribution in [0.5, 0.6) is 0 Å². The molecule has 2 rings (SSSR count). The second-order valence-electron chi connectivity index (χ2n) is 6.86. The van der Waals surface area contributed by atoms with Crippen LogP contribution in [0.15, 0.2) is 29.3 Å². The molecule has 2 atom stereocenters. The van der Waals surface area contributed by atoms with Gasteiger partial charge in [0.15, 0.2) is 5.96 Å². The van der Waals surface area contributed by atoms with Crippen molar-refractivity contribution in [2.75, 3.05) is 26.7 Å². The highest BCUT2D eigenvalue weighted by atomic mass is 16.1. The van der Waals surface area contributed by atoms with Gasteiger partial charge in [-0.25, -0.2) is 0 Å². The van der Waals surface area contributed by atoms with Crippen LogP contribution in [-0.4, -0.2) is 43.4 Å². The molecule has 1 aromatic rings. The Morgan fingerprint density at radius 2 is 2.12 bits per heavy atom. The Morgan fingerprint density at radius 1 is 1.42 bits per heavy atom. The van der Waals surface area contributed by atoms with Gasteiger partial charge in [0, 0.05) is 33.1 Å². The number of aryl methyl sites for hydroxylation is 1. The van der Waals surface area contributed by atoms with Crippen molar-refractivity contribution in [3.8, 4) is 0 Å². The van der Waals surface area contributed by atoms with Gasteiger partial charge in [0.2, 0.25) is 5.91 Å². The van der Waals surface area contributed by atoms with Crippen LogP contribution in [-0.2, 0) is 4.79 Å². The number of guanidine groups is 1. The lowest BCUT2D eigenvalue weighted by molar-refractivity contribution is -0.119. The Kier molecular flexibility index (Phi) is 6.64. The summed E-state index contributed by atoms with van der Waals surface area (Å²) in [6, 6.07) is 8.68. The third-order valence-corrected chi connectivity index (χ3v) is 4.73. The largest absolute Gasteiger partial charge is 0.370 e. The van der Waals surface area contributed by atoms with E-state index in [-0.39, 0.29) is 5.91 Å². The molecule has 5 heteroatoms. The Balaban J connectivity index is 1.89. The topological polar surface area (TPSA) is 70.7 Å². The number of rotatable bonds is 5. The minimum Gasteiger partial charge on any atom is -0.370 e.